The summed E-state index contributed by atoms with van der Waals surface area (Å²) in [6.45, 7) is 1.37. The lowest BCUT2D eigenvalue weighted by Crippen LogP contribution is -2.08. The van der Waals surface area contributed by atoms with E-state index < -0.39 is 0 Å². The van der Waals surface area contributed by atoms with Crippen LogP contribution in [0.25, 0.3) is 11.0 Å². The average Bonchev–Trinajstić information content (AvgIpc) is 2.37. The summed E-state index contributed by atoms with van der Waals surface area (Å²) in [5, 5.41) is 9.32. The second-order valence-corrected chi connectivity index (χ2v) is 4.59. The van der Waals surface area contributed by atoms with Crippen LogP contribution >= 0.6 is 0 Å². The van der Waals surface area contributed by atoms with Crippen molar-refractivity contribution in [1.82, 2.24) is 0 Å². The van der Waals surface area contributed by atoms with E-state index in [9.17, 15) is 9.59 Å². The van der Waals surface area contributed by atoms with E-state index >= 15 is 0 Å². The molecular weight excluding hydrogens is 260 g/mol. The summed E-state index contributed by atoms with van der Waals surface area (Å²) < 4.78 is 10.8. The van der Waals surface area contributed by atoms with E-state index in [-0.39, 0.29) is 30.7 Å². The Balaban J connectivity index is 2.71. The van der Waals surface area contributed by atoms with Gasteiger partial charge >= 0.3 is 0 Å². The Labute approximate surface area is 115 Å². The first-order valence-electron chi connectivity index (χ1n) is 6.29. The number of fused-ring (bicyclic) bond motifs is 1. The van der Waals surface area contributed by atoms with Crippen LogP contribution < -0.4 is 10.2 Å². The third kappa shape index (κ3) is 2.88. The molecule has 1 N–H and O–H groups in total. The van der Waals surface area contributed by atoms with Crippen LogP contribution in [0.15, 0.2) is 27.4 Å². The molecule has 0 saturated heterocycles. The van der Waals surface area contributed by atoms with Gasteiger partial charge in [0.2, 0.25) is 0 Å². The fourth-order valence-electron chi connectivity index (χ4n) is 2.15. The Morgan fingerprint density at radius 2 is 2.10 bits per heavy atom. The predicted octanol–water partition coefficient (Wildman–Crippen LogP) is 1.47. The topological polar surface area (TPSA) is 76.7 Å². The molecule has 1 heterocycles. The van der Waals surface area contributed by atoms with Crippen LogP contribution in [-0.2, 0) is 17.6 Å². The smallest absolute Gasteiger partial charge is 0.193 e. The van der Waals surface area contributed by atoms with E-state index in [2.05, 4.69) is 0 Å². The highest BCUT2D eigenvalue weighted by atomic mass is 16.5. The summed E-state index contributed by atoms with van der Waals surface area (Å²) in [6.07, 6.45) is 0.419. The number of rotatable bonds is 5. The third-order valence-corrected chi connectivity index (χ3v) is 2.97. The van der Waals surface area contributed by atoms with Crippen LogP contribution in [0.3, 0.4) is 0 Å². The number of benzene rings is 1. The van der Waals surface area contributed by atoms with Gasteiger partial charge in [0.15, 0.2) is 5.43 Å². The quantitative estimate of drug-likeness (QED) is 0.894. The van der Waals surface area contributed by atoms with Gasteiger partial charge in [-0.2, -0.15) is 0 Å². The first-order valence-corrected chi connectivity index (χ1v) is 6.29. The molecule has 0 amide bonds. The Bertz CT molecular complexity index is 699. The zero-order chi connectivity index (χ0) is 14.7. The number of aliphatic hydroxyl groups excluding tert-OH is 1. The lowest BCUT2D eigenvalue weighted by molar-refractivity contribution is -0.116. The number of ether oxygens (including phenoxy) is 1. The van der Waals surface area contributed by atoms with E-state index in [1.54, 1.807) is 12.1 Å². The van der Waals surface area contributed by atoms with Gasteiger partial charge < -0.3 is 14.3 Å². The zero-order valence-corrected chi connectivity index (χ0v) is 11.4. The Hall–Kier alpha value is -2.14. The van der Waals surface area contributed by atoms with Gasteiger partial charge in [0.25, 0.3) is 0 Å². The highest BCUT2D eigenvalue weighted by Crippen LogP contribution is 2.24. The molecule has 20 heavy (non-hydrogen) atoms. The number of ketones is 1. The maximum atomic E-state index is 12.2. The highest BCUT2D eigenvalue weighted by molar-refractivity contribution is 5.88. The number of hydrogen-bond acceptors (Lipinski definition) is 5. The number of carbonyl (C=O) groups is 1. The second kappa shape index (κ2) is 5.88. The summed E-state index contributed by atoms with van der Waals surface area (Å²) in [6, 6.07) is 4.64. The molecule has 0 unspecified atom stereocenters. The van der Waals surface area contributed by atoms with Crippen molar-refractivity contribution in [2.45, 2.75) is 19.8 Å². The van der Waals surface area contributed by atoms with Crippen LogP contribution in [0.4, 0.5) is 0 Å². The van der Waals surface area contributed by atoms with Gasteiger partial charge in [-0.3, -0.25) is 9.59 Å². The molecule has 0 aliphatic carbocycles. The molecule has 0 bridgehead atoms. The minimum absolute atomic E-state index is 0.0432. The van der Waals surface area contributed by atoms with Gasteiger partial charge in [0, 0.05) is 25.0 Å². The Kier molecular flexibility index (Phi) is 4.20. The molecule has 1 aromatic heterocycles. The molecule has 106 valence electrons. The lowest BCUT2D eigenvalue weighted by atomic mass is 10.0. The van der Waals surface area contributed by atoms with Crippen LogP contribution in [0.2, 0.25) is 0 Å². The molecule has 0 fully saturated rings. The molecule has 2 rings (SSSR count). The van der Waals surface area contributed by atoms with Gasteiger partial charge in [-0.15, -0.1) is 0 Å². The van der Waals surface area contributed by atoms with Crippen molar-refractivity contribution in [3.8, 4) is 5.75 Å². The Morgan fingerprint density at radius 3 is 2.70 bits per heavy atom. The maximum Gasteiger partial charge on any atom is 0.193 e. The van der Waals surface area contributed by atoms with E-state index in [1.807, 2.05) is 0 Å². The molecule has 5 nitrogen and oxygen atoms in total. The predicted molar refractivity (Wildman–Crippen MR) is 74.2 cm³/mol. The lowest BCUT2D eigenvalue weighted by Gasteiger charge is -2.08. The van der Waals surface area contributed by atoms with Crippen molar-refractivity contribution >= 4 is 16.8 Å². The van der Waals surface area contributed by atoms with Crippen LogP contribution in [0.5, 0.6) is 5.75 Å². The molecule has 0 saturated carbocycles. The number of carbonyl (C=O) groups excluding carboxylic acids is 1. The van der Waals surface area contributed by atoms with Gasteiger partial charge in [-0.25, -0.2) is 0 Å². The first kappa shape index (κ1) is 14.3. The molecule has 0 aliphatic heterocycles. The van der Waals surface area contributed by atoms with Gasteiger partial charge in [0.1, 0.15) is 22.9 Å². The number of aliphatic hydroxyl groups is 1. The summed E-state index contributed by atoms with van der Waals surface area (Å²) in [5.74, 6) is 0.892. The van der Waals surface area contributed by atoms with Crippen molar-refractivity contribution in [2.24, 2.45) is 0 Å². The molecule has 0 aliphatic rings. The van der Waals surface area contributed by atoms with Crippen molar-refractivity contribution in [3.05, 3.63) is 39.7 Å². The van der Waals surface area contributed by atoms with Crippen LogP contribution in [-0.4, -0.2) is 24.6 Å². The normalized spacial score (nSPS) is 10.8. The minimum atomic E-state index is -0.214. The molecular formula is C15H16O5. The maximum absolute atomic E-state index is 12.2. The number of hydrogen-bond donors (Lipinski definition) is 1. The Morgan fingerprint density at radius 1 is 1.35 bits per heavy atom. The monoisotopic (exact) mass is 276 g/mol. The molecule has 0 radical (unpaired) electrons. The van der Waals surface area contributed by atoms with Crippen molar-refractivity contribution < 1.29 is 19.1 Å². The van der Waals surface area contributed by atoms with Gasteiger partial charge in [-0.1, -0.05) is 0 Å². The third-order valence-electron chi connectivity index (χ3n) is 2.97. The minimum Gasteiger partial charge on any atom is -0.497 e. The summed E-state index contributed by atoms with van der Waals surface area (Å²) in [4.78, 5) is 23.5. The van der Waals surface area contributed by atoms with Crippen molar-refractivity contribution in [1.29, 1.82) is 0 Å². The van der Waals surface area contributed by atoms with E-state index in [1.165, 1.54) is 20.1 Å². The summed E-state index contributed by atoms with van der Waals surface area (Å²) in [5.41, 5.74) is 0.751. The van der Waals surface area contributed by atoms with E-state index in [0.29, 0.717) is 28.0 Å². The zero-order valence-electron chi connectivity index (χ0n) is 11.4. The largest absolute Gasteiger partial charge is 0.497 e. The number of Topliss-reactive ketones (excluding diaryl/α,β-unsaturated/α-hetero) is 1. The van der Waals surface area contributed by atoms with Gasteiger partial charge in [-0.05, 0) is 18.6 Å². The highest BCUT2D eigenvalue weighted by Gasteiger charge is 2.13. The fourth-order valence-corrected chi connectivity index (χ4v) is 2.15. The molecule has 0 spiro atoms. The average molecular weight is 276 g/mol. The molecule has 0 atom stereocenters. The standard InChI is InChI=1S/C15H16O5/c1-9(17)5-10-6-12(19-2)8-14-15(10)13(18)7-11(20-14)3-4-16/h6-8,16H,3-5H2,1-2H3. The fraction of sp³-hybridized carbons (Fsp3) is 0.333. The van der Waals surface area contributed by atoms with Crippen LogP contribution in [0, 0.1) is 0 Å². The van der Waals surface area contributed by atoms with E-state index in [4.69, 9.17) is 14.3 Å². The SMILES string of the molecule is COc1cc(CC(C)=O)c2c(=O)cc(CCO)oc2c1. The van der Waals surface area contributed by atoms with Gasteiger partial charge in [0.05, 0.1) is 19.1 Å². The molecule has 5 heteroatoms. The summed E-state index contributed by atoms with van der Waals surface area (Å²) in [7, 11) is 1.51. The van der Waals surface area contributed by atoms with Crippen molar-refractivity contribution in [2.75, 3.05) is 13.7 Å². The molecule has 2 aromatic rings. The van der Waals surface area contributed by atoms with Crippen LogP contribution in [0.1, 0.15) is 18.2 Å². The second-order valence-electron chi connectivity index (χ2n) is 4.59. The molecule has 1 aromatic carbocycles. The van der Waals surface area contributed by atoms with E-state index in [0.717, 1.165) is 0 Å². The first-order chi connectivity index (χ1) is 9.55. The summed E-state index contributed by atoms with van der Waals surface area (Å²) >= 11 is 0. The van der Waals surface area contributed by atoms with Crippen molar-refractivity contribution in [3.63, 3.8) is 0 Å². The number of methoxy groups -OCH3 is 1.